The molecule has 11 heteroatoms. The Kier molecular flexibility index (Phi) is 8.74. The van der Waals surface area contributed by atoms with Gasteiger partial charge >= 0.3 is 0 Å². The van der Waals surface area contributed by atoms with Crippen LogP contribution in [-0.2, 0) is 4.79 Å². The number of fused-ring (bicyclic) bond motifs is 1. The van der Waals surface area contributed by atoms with E-state index < -0.39 is 0 Å². The topological polar surface area (TPSA) is 134 Å². The number of aryl methyl sites for hydroxylation is 1. The van der Waals surface area contributed by atoms with Crippen molar-refractivity contribution < 1.29 is 19.4 Å². The first-order chi connectivity index (χ1) is 16.5. The highest BCUT2D eigenvalue weighted by atomic mass is 16.5. The van der Waals surface area contributed by atoms with Crippen LogP contribution >= 0.6 is 0 Å². The lowest BCUT2D eigenvalue weighted by Gasteiger charge is -2.34. The highest BCUT2D eigenvalue weighted by Gasteiger charge is 2.24. The van der Waals surface area contributed by atoms with Crippen molar-refractivity contribution in [2.24, 2.45) is 0 Å². The summed E-state index contributed by atoms with van der Waals surface area (Å²) in [7, 11) is 0. The molecule has 0 saturated carbocycles. The van der Waals surface area contributed by atoms with Gasteiger partial charge in [0.25, 0.3) is 12.4 Å². The van der Waals surface area contributed by atoms with E-state index in [1.165, 1.54) is 0 Å². The summed E-state index contributed by atoms with van der Waals surface area (Å²) in [5.41, 5.74) is 2.82. The van der Waals surface area contributed by atoms with Gasteiger partial charge in [0.2, 0.25) is 11.8 Å². The lowest BCUT2D eigenvalue weighted by atomic mass is 10.1. The van der Waals surface area contributed by atoms with Gasteiger partial charge in [-0.25, -0.2) is 9.50 Å². The molecule has 0 radical (unpaired) electrons. The van der Waals surface area contributed by atoms with E-state index in [-0.39, 0.29) is 12.4 Å². The second-order valence-corrected chi connectivity index (χ2v) is 7.72. The Labute approximate surface area is 198 Å². The Bertz CT molecular complexity index is 1110. The van der Waals surface area contributed by atoms with E-state index in [2.05, 4.69) is 37.5 Å². The summed E-state index contributed by atoms with van der Waals surface area (Å²) in [5, 5.41) is 17.6. The third kappa shape index (κ3) is 5.98. The first-order valence-electron chi connectivity index (χ1n) is 11.3. The number of carbonyl (C=O) groups is 2. The van der Waals surface area contributed by atoms with Crippen LogP contribution in [0.1, 0.15) is 42.7 Å². The fraction of sp³-hybridized carbons (Fsp3) is 0.435. The van der Waals surface area contributed by atoms with Gasteiger partial charge in [-0.3, -0.25) is 9.59 Å². The van der Waals surface area contributed by atoms with Crippen LogP contribution in [0.3, 0.4) is 0 Å². The lowest BCUT2D eigenvalue weighted by Crippen LogP contribution is -2.44. The van der Waals surface area contributed by atoms with E-state index in [1.54, 1.807) is 10.7 Å². The minimum Gasteiger partial charge on any atom is -0.483 e. The van der Waals surface area contributed by atoms with Crippen molar-refractivity contribution in [3.8, 4) is 5.88 Å². The molecule has 34 heavy (non-hydrogen) atoms. The molecular formula is C23H31N7O4. The van der Waals surface area contributed by atoms with Crippen LogP contribution in [0.15, 0.2) is 30.6 Å². The van der Waals surface area contributed by atoms with Gasteiger partial charge < -0.3 is 25.4 Å². The maximum atomic E-state index is 13.0. The van der Waals surface area contributed by atoms with Gasteiger partial charge in [0.05, 0.1) is 17.8 Å². The molecular weight excluding hydrogens is 438 g/mol. The molecule has 3 aromatic rings. The van der Waals surface area contributed by atoms with E-state index in [1.807, 2.05) is 38.2 Å². The van der Waals surface area contributed by atoms with Crippen molar-refractivity contribution in [3.05, 3.63) is 41.9 Å². The highest BCUT2D eigenvalue weighted by Crippen LogP contribution is 2.24. The molecule has 3 aromatic heterocycles. The monoisotopic (exact) mass is 469 g/mol. The van der Waals surface area contributed by atoms with E-state index in [0.717, 1.165) is 43.7 Å². The van der Waals surface area contributed by atoms with Crippen LogP contribution in [0, 0.1) is 6.92 Å². The fourth-order valence-electron chi connectivity index (χ4n) is 3.98. The number of pyridine rings is 1. The molecule has 0 spiro atoms. The Hall–Kier alpha value is -3.73. The van der Waals surface area contributed by atoms with Crippen LogP contribution in [-0.4, -0.2) is 69.4 Å². The van der Waals surface area contributed by atoms with Gasteiger partial charge in [0.15, 0.2) is 0 Å². The Morgan fingerprint density at radius 3 is 2.76 bits per heavy atom. The standard InChI is InChI=1S/C22H29N7O2.CH2O2/c1-4-28(17-6-9-23-10-7-17)22-24-14-19(21(26-22)31-5-2)20(30)25-16-8-11-29-18(13-16)12-15(3)27-29;2-1-3/h8,11-14,17,23H,4-7,9-10H2,1-3H3,(H,25,30);1H,(H,2,3). The molecule has 1 aliphatic heterocycles. The normalized spacial score (nSPS) is 13.6. The molecule has 4 heterocycles. The summed E-state index contributed by atoms with van der Waals surface area (Å²) in [4.78, 5) is 32.7. The lowest BCUT2D eigenvalue weighted by molar-refractivity contribution is -0.122. The zero-order chi connectivity index (χ0) is 24.5. The molecule has 0 aromatic carbocycles. The molecule has 1 saturated heterocycles. The van der Waals surface area contributed by atoms with Crippen LogP contribution < -0.4 is 20.3 Å². The second-order valence-electron chi connectivity index (χ2n) is 7.72. The number of carbonyl (C=O) groups excluding carboxylic acids is 1. The number of carboxylic acid groups (broad SMARTS) is 1. The molecule has 4 rings (SSSR count). The number of hydrogen-bond acceptors (Lipinski definition) is 8. The van der Waals surface area contributed by atoms with Crippen molar-refractivity contribution in [1.82, 2.24) is 24.9 Å². The third-order valence-corrected chi connectivity index (χ3v) is 5.46. The Morgan fingerprint density at radius 2 is 2.09 bits per heavy atom. The Balaban J connectivity index is 0.00000103. The van der Waals surface area contributed by atoms with E-state index in [4.69, 9.17) is 14.6 Å². The van der Waals surface area contributed by atoms with Crippen molar-refractivity contribution in [3.63, 3.8) is 0 Å². The van der Waals surface area contributed by atoms with Gasteiger partial charge in [0.1, 0.15) is 5.56 Å². The molecule has 1 aliphatic rings. The second kappa shape index (κ2) is 11.9. The summed E-state index contributed by atoms with van der Waals surface area (Å²) in [6, 6.07) is 6.03. The summed E-state index contributed by atoms with van der Waals surface area (Å²) in [5.74, 6) is 0.602. The van der Waals surface area contributed by atoms with Crippen molar-refractivity contribution in [1.29, 1.82) is 0 Å². The molecule has 3 N–H and O–H groups in total. The first-order valence-corrected chi connectivity index (χ1v) is 11.3. The van der Waals surface area contributed by atoms with Gasteiger partial charge in [0, 0.05) is 30.7 Å². The maximum Gasteiger partial charge on any atom is 0.290 e. The van der Waals surface area contributed by atoms with Gasteiger partial charge in [-0.2, -0.15) is 10.1 Å². The molecule has 182 valence electrons. The molecule has 0 atom stereocenters. The van der Waals surface area contributed by atoms with Crippen molar-refractivity contribution in [2.45, 2.75) is 39.7 Å². The quantitative estimate of drug-likeness (QED) is 0.446. The summed E-state index contributed by atoms with van der Waals surface area (Å²) in [6.45, 7) is 8.85. The number of piperidine rings is 1. The van der Waals surface area contributed by atoms with Crippen molar-refractivity contribution in [2.75, 3.05) is 36.5 Å². The Morgan fingerprint density at radius 1 is 1.35 bits per heavy atom. The van der Waals surface area contributed by atoms with Gasteiger partial charge in [-0.05, 0) is 64.9 Å². The van der Waals surface area contributed by atoms with Gasteiger partial charge in [-0.15, -0.1) is 0 Å². The molecule has 0 bridgehead atoms. The molecule has 0 aliphatic carbocycles. The highest BCUT2D eigenvalue weighted by molar-refractivity contribution is 6.05. The van der Waals surface area contributed by atoms with E-state index in [9.17, 15) is 4.79 Å². The SMILES string of the molecule is CCOc1nc(N(CC)C2CCNCC2)ncc1C(=O)Nc1ccn2nc(C)cc2c1.O=CO. The number of ether oxygens (including phenoxy) is 1. The zero-order valence-corrected chi connectivity index (χ0v) is 19.7. The van der Waals surface area contributed by atoms with Crippen LogP contribution in [0.2, 0.25) is 0 Å². The average molecular weight is 470 g/mol. The molecule has 11 nitrogen and oxygen atoms in total. The predicted molar refractivity (Wildman–Crippen MR) is 129 cm³/mol. The maximum absolute atomic E-state index is 13.0. The summed E-state index contributed by atoms with van der Waals surface area (Å²) >= 11 is 0. The summed E-state index contributed by atoms with van der Waals surface area (Å²) in [6.07, 6.45) is 5.47. The number of hydrogen-bond donors (Lipinski definition) is 3. The van der Waals surface area contributed by atoms with Crippen LogP contribution in [0.5, 0.6) is 5.88 Å². The van der Waals surface area contributed by atoms with E-state index in [0.29, 0.717) is 35.7 Å². The van der Waals surface area contributed by atoms with E-state index >= 15 is 0 Å². The molecule has 1 amide bonds. The van der Waals surface area contributed by atoms with Crippen LogP contribution in [0.25, 0.3) is 5.52 Å². The third-order valence-electron chi connectivity index (χ3n) is 5.46. The number of amides is 1. The fourth-order valence-corrected chi connectivity index (χ4v) is 3.98. The summed E-state index contributed by atoms with van der Waals surface area (Å²) < 4.78 is 7.50. The predicted octanol–water partition coefficient (Wildman–Crippen LogP) is 2.36. The number of anilines is 2. The minimum absolute atomic E-state index is 0.250. The minimum atomic E-state index is -0.305. The van der Waals surface area contributed by atoms with Gasteiger partial charge in [-0.1, -0.05) is 0 Å². The number of aromatic nitrogens is 4. The number of nitrogens with zero attached hydrogens (tertiary/aromatic N) is 5. The molecule has 1 fully saturated rings. The van der Waals surface area contributed by atoms with Crippen LogP contribution in [0.4, 0.5) is 11.6 Å². The average Bonchev–Trinajstić information content (AvgIpc) is 3.20. The smallest absolute Gasteiger partial charge is 0.290 e. The molecule has 0 unspecified atom stereocenters. The largest absolute Gasteiger partial charge is 0.483 e. The zero-order valence-electron chi connectivity index (χ0n) is 19.7. The van der Waals surface area contributed by atoms with Crippen molar-refractivity contribution >= 4 is 29.5 Å². The number of rotatable bonds is 7. The first kappa shape index (κ1) is 24.9. The number of nitrogens with one attached hydrogen (secondary N) is 2.